The third-order valence-corrected chi connectivity index (χ3v) is 9.41. The molecule has 0 aliphatic rings. The van der Waals surface area contributed by atoms with Crippen molar-refractivity contribution in [3.63, 3.8) is 0 Å². The van der Waals surface area contributed by atoms with E-state index < -0.39 is 0 Å². The Hall–Kier alpha value is -4.19. The second-order valence-corrected chi connectivity index (χ2v) is 13.2. The Balaban J connectivity index is 1.24. The number of benzene rings is 4. The molecule has 49 heavy (non-hydrogen) atoms. The first-order chi connectivity index (χ1) is 23.7. The van der Waals surface area contributed by atoms with E-state index in [1.54, 1.807) is 0 Å². The van der Waals surface area contributed by atoms with Gasteiger partial charge in [-0.15, -0.1) is 0 Å². The van der Waals surface area contributed by atoms with Gasteiger partial charge >= 0.3 is 0 Å². The molecule has 9 nitrogen and oxygen atoms in total. The minimum absolute atomic E-state index is 0.0394. The summed E-state index contributed by atoms with van der Waals surface area (Å²) in [5.74, 6) is 1.30. The number of nitrogens with one attached hydrogen (secondary N) is 5. The molecule has 1 heterocycles. The third-order valence-electron chi connectivity index (χ3n) is 7.91. The van der Waals surface area contributed by atoms with Crippen molar-refractivity contribution in [2.75, 3.05) is 31.5 Å². The van der Waals surface area contributed by atoms with Gasteiger partial charge in [0.05, 0.1) is 20.4 Å². The Morgan fingerprint density at radius 3 is 2.06 bits per heavy atom. The van der Waals surface area contributed by atoms with Crippen LogP contribution in [0.3, 0.4) is 0 Å². The molecule has 0 saturated carbocycles. The van der Waals surface area contributed by atoms with Gasteiger partial charge in [0.15, 0.2) is 5.82 Å². The molecule has 0 radical (unpaired) electrons. The number of nitrogens with zero attached hydrogens (tertiary/aromatic N) is 1. The predicted molar refractivity (Wildman–Crippen MR) is 201 cm³/mol. The van der Waals surface area contributed by atoms with Crippen LogP contribution in [0.1, 0.15) is 36.1 Å². The standard InChI is InChI=1S/C37H40Cl2N6O3S/c1-23-28(22-48-35-13-11-27(19-33(35)39)21-41-15-17-43-25(3)47)6-4-7-29(23)30-8-5-9-31-36(30)49-45-37(31)44-34-12-10-26(18-32(34)38)20-40-14-16-42-24(2)46/h4-13,18-19,40-41H,14-17,20-22H2,1-3H3,(H,42,46)(H,43,47)(H,44,45). The van der Waals surface area contributed by atoms with Gasteiger partial charge in [-0.25, -0.2) is 0 Å². The fraction of sp³-hybridized carbons (Fsp3) is 0.270. The lowest BCUT2D eigenvalue weighted by molar-refractivity contribution is -0.119. The zero-order valence-corrected chi connectivity index (χ0v) is 30.0. The molecule has 5 rings (SSSR count). The van der Waals surface area contributed by atoms with Gasteiger partial charge in [-0.3, -0.25) is 9.59 Å². The maximum atomic E-state index is 11.0. The Labute approximate surface area is 300 Å². The van der Waals surface area contributed by atoms with Gasteiger partial charge in [-0.1, -0.05) is 65.7 Å². The van der Waals surface area contributed by atoms with Crippen LogP contribution in [-0.2, 0) is 29.3 Å². The first-order valence-electron chi connectivity index (χ1n) is 16.0. The third kappa shape index (κ3) is 9.93. The average Bonchev–Trinajstić information content (AvgIpc) is 3.48. The fourth-order valence-electron chi connectivity index (χ4n) is 5.34. The molecule has 5 N–H and O–H groups in total. The molecule has 4 aromatic carbocycles. The summed E-state index contributed by atoms with van der Waals surface area (Å²) in [6.07, 6.45) is 0. The molecular formula is C37H40Cl2N6O3S. The fourth-order valence-corrected chi connectivity index (χ4v) is 6.71. The van der Waals surface area contributed by atoms with Gasteiger partial charge in [0.1, 0.15) is 12.4 Å². The second kappa shape index (κ2) is 17.5. The summed E-state index contributed by atoms with van der Waals surface area (Å²) in [6, 6.07) is 24.2. The number of anilines is 2. The van der Waals surface area contributed by atoms with Gasteiger partial charge in [0.2, 0.25) is 11.8 Å². The zero-order chi connectivity index (χ0) is 34.8. The molecule has 0 atom stereocenters. The average molecular weight is 720 g/mol. The predicted octanol–water partition coefficient (Wildman–Crippen LogP) is 7.35. The Bertz CT molecular complexity index is 1930. The summed E-state index contributed by atoms with van der Waals surface area (Å²) in [5, 5.41) is 17.7. The Kier molecular flexibility index (Phi) is 12.9. The maximum Gasteiger partial charge on any atom is 0.216 e. The first-order valence-corrected chi connectivity index (χ1v) is 17.6. The molecule has 0 spiro atoms. The van der Waals surface area contributed by atoms with E-state index in [0.29, 0.717) is 61.7 Å². The van der Waals surface area contributed by atoms with Crippen molar-refractivity contribution in [3.05, 3.63) is 105 Å². The summed E-state index contributed by atoms with van der Waals surface area (Å²) in [7, 11) is 0. The van der Waals surface area contributed by atoms with Gasteiger partial charge in [0, 0.05) is 64.1 Å². The number of rotatable bonds is 16. The lowest BCUT2D eigenvalue weighted by Crippen LogP contribution is -2.29. The number of halogens is 2. The molecule has 256 valence electrons. The first kappa shape index (κ1) is 36.1. The Morgan fingerprint density at radius 1 is 0.776 bits per heavy atom. The number of carbonyl (C=O) groups is 2. The molecule has 0 bridgehead atoms. The highest BCUT2D eigenvalue weighted by Crippen LogP contribution is 2.39. The van der Waals surface area contributed by atoms with Crippen molar-refractivity contribution in [2.45, 2.75) is 40.5 Å². The summed E-state index contributed by atoms with van der Waals surface area (Å²) in [4.78, 5) is 22.1. The minimum atomic E-state index is -0.0404. The van der Waals surface area contributed by atoms with E-state index >= 15 is 0 Å². The number of aromatic nitrogens is 1. The number of ether oxygens (including phenoxy) is 1. The highest BCUT2D eigenvalue weighted by Gasteiger charge is 2.16. The molecule has 0 aliphatic carbocycles. The van der Waals surface area contributed by atoms with Crippen molar-refractivity contribution >= 4 is 68.1 Å². The molecule has 0 saturated heterocycles. The van der Waals surface area contributed by atoms with Crippen LogP contribution in [-0.4, -0.2) is 42.4 Å². The Morgan fingerprint density at radius 2 is 1.41 bits per heavy atom. The lowest BCUT2D eigenvalue weighted by atomic mass is 9.96. The number of hydrogen-bond donors (Lipinski definition) is 5. The number of hydrogen-bond acceptors (Lipinski definition) is 8. The lowest BCUT2D eigenvalue weighted by Gasteiger charge is -2.15. The molecule has 0 aliphatic heterocycles. The van der Waals surface area contributed by atoms with Gasteiger partial charge < -0.3 is 31.3 Å². The van der Waals surface area contributed by atoms with Crippen molar-refractivity contribution in [2.24, 2.45) is 0 Å². The molecule has 12 heteroatoms. The monoisotopic (exact) mass is 718 g/mol. The largest absolute Gasteiger partial charge is 0.487 e. The van der Waals surface area contributed by atoms with Crippen LogP contribution in [0.25, 0.3) is 21.2 Å². The topological polar surface area (TPSA) is 116 Å². The number of fused-ring (bicyclic) bond motifs is 1. The van der Waals surface area contributed by atoms with E-state index in [1.165, 1.54) is 25.4 Å². The van der Waals surface area contributed by atoms with Crippen LogP contribution in [0.4, 0.5) is 11.5 Å². The molecule has 2 amide bonds. The van der Waals surface area contributed by atoms with Gasteiger partial charge in [0.25, 0.3) is 0 Å². The van der Waals surface area contributed by atoms with Crippen molar-refractivity contribution in [1.82, 2.24) is 25.6 Å². The molecule has 0 fully saturated rings. The molecule has 1 aromatic heterocycles. The van der Waals surface area contributed by atoms with Crippen molar-refractivity contribution < 1.29 is 14.3 Å². The summed E-state index contributed by atoms with van der Waals surface area (Å²) < 4.78 is 12.0. The summed E-state index contributed by atoms with van der Waals surface area (Å²) in [5.41, 5.74) is 7.26. The minimum Gasteiger partial charge on any atom is -0.487 e. The van der Waals surface area contributed by atoms with Crippen LogP contribution in [0.2, 0.25) is 10.0 Å². The normalized spacial score (nSPS) is 11.0. The molecular weight excluding hydrogens is 679 g/mol. The van der Waals surface area contributed by atoms with E-state index in [2.05, 4.69) is 57.8 Å². The van der Waals surface area contributed by atoms with E-state index in [-0.39, 0.29) is 11.8 Å². The van der Waals surface area contributed by atoms with E-state index in [1.807, 2.05) is 48.5 Å². The molecule has 0 unspecified atom stereocenters. The van der Waals surface area contributed by atoms with E-state index in [4.69, 9.17) is 32.3 Å². The van der Waals surface area contributed by atoms with E-state index in [0.717, 1.165) is 55.0 Å². The zero-order valence-electron chi connectivity index (χ0n) is 27.7. The van der Waals surface area contributed by atoms with E-state index in [9.17, 15) is 9.59 Å². The van der Waals surface area contributed by atoms with Crippen LogP contribution in [0.5, 0.6) is 5.75 Å². The van der Waals surface area contributed by atoms with Crippen LogP contribution in [0, 0.1) is 6.92 Å². The smallest absolute Gasteiger partial charge is 0.216 e. The quantitative estimate of drug-likeness (QED) is 0.0678. The van der Waals surface area contributed by atoms with Crippen LogP contribution in [0.15, 0.2) is 72.8 Å². The summed E-state index contributed by atoms with van der Waals surface area (Å²) in [6.45, 7) is 9.27. The molecule has 5 aromatic rings. The second-order valence-electron chi connectivity index (χ2n) is 11.6. The highest BCUT2D eigenvalue weighted by molar-refractivity contribution is 7.14. The highest BCUT2D eigenvalue weighted by atomic mass is 35.5. The van der Waals surface area contributed by atoms with Crippen LogP contribution >= 0.6 is 34.7 Å². The van der Waals surface area contributed by atoms with Crippen molar-refractivity contribution in [3.8, 4) is 16.9 Å². The number of carbonyl (C=O) groups excluding carboxylic acids is 2. The van der Waals surface area contributed by atoms with Crippen molar-refractivity contribution in [1.29, 1.82) is 0 Å². The summed E-state index contributed by atoms with van der Waals surface area (Å²) >= 11 is 14.7. The van der Waals surface area contributed by atoms with Gasteiger partial charge in [-0.2, -0.15) is 4.37 Å². The van der Waals surface area contributed by atoms with Crippen LogP contribution < -0.4 is 31.3 Å². The number of amides is 2. The maximum absolute atomic E-state index is 11.0. The van der Waals surface area contributed by atoms with Gasteiger partial charge in [-0.05, 0) is 76.6 Å². The SMILES string of the molecule is CC(=O)NCCNCc1ccc(Nc2nsc3c(-c4cccc(COc5ccc(CNCCNC(C)=O)cc5Cl)c4C)cccc23)c(Cl)c1.